The van der Waals surface area contributed by atoms with Crippen LogP contribution in [-0.4, -0.2) is 35.0 Å². The minimum atomic E-state index is -0.0332. The van der Waals surface area contributed by atoms with Crippen molar-refractivity contribution in [3.05, 3.63) is 71.6 Å². The molecule has 0 fully saturated rings. The van der Waals surface area contributed by atoms with Gasteiger partial charge < -0.3 is 14.7 Å². The standard InChI is InChI=1S/C21H24N4O2/c1-25(2)15-18-11-7-6-10-17(18)14-22-19(26)12-13-20-23-21(24-27-20)16-8-4-3-5-9-16/h3-11H,12-15H2,1-2H3,(H,22,26). The van der Waals surface area contributed by atoms with E-state index in [9.17, 15) is 4.79 Å². The van der Waals surface area contributed by atoms with Gasteiger partial charge in [0.05, 0.1) is 0 Å². The minimum Gasteiger partial charge on any atom is -0.352 e. The Morgan fingerprint density at radius 2 is 1.74 bits per heavy atom. The lowest BCUT2D eigenvalue weighted by Crippen LogP contribution is -2.24. The van der Waals surface area contributed by atoms with E-state index in [1.807, 2.05) is 62.6 Å². The summed E-state index contributed by atoms with van der Waals surface area (Å²) < 4.78 is 5.25. The van der Waals surface area contributed by atoms with E-state index in [1.165, 1.54) is 5.56 Å². The molecule has 0 aliphatic heterocycles. The Bertz CT molecular complexity index is 875. The summed E-state index contributed by atoms with van der Waals surface area (Å²) >= 11 is 0. The van der Waals surface area contributed by atoms with Gasteiger partial charge in [0.2, 0.25) is 17.6 Å². The average molecular weight is 364 g/mol. The first kappa shape index (κ1) is 18.8. The number of carbonyl (C=O) groups excluding carboxylic acids is 1. The number of carbonyl (C=O) groups is 1. The second-order valence-electron chi connectivity index (χ2n) is 6.66. The van der Waals surface area contributed by atoms with E-state index in [1.54, 1.807) is 0 Å². The molecule has 0 bridgehead atoms. The smallest absolute Gasteiger partial charge is 0.227 e. The zero-order chi connectivity index (χ0) is 19.1. The van der Waals surface area contributed by atoms with Crippen molar-refractivity contribution in [2.45, 2.75) is 25.9 Å². The summed E-state index contributed by atoms with van der Waals surface area (Å²) in [7, 11) is 4.06. The van der Waals surface area contributed by atoms with E-state index >= 15 is 0 Å². The predicted octanol–water partition coefficient (Wildman–Crippen LogP) is 3.05. The van der Waals surface area contributed by atoms with Crippen molar-refractivity contribution in [1.82, 2.24) is 20.4 Å². The summed E-state index contributed by atoms with van der Waals surface area (Å²) in [6.07, 6.45) is 0.733. The van der Waals surface area contributed by atoms with Gasteiger partial charge in [-0.15, -0.1) is 0 Å². The molecular weight excluding hydrogens is 340 g/mol. The number of hydrogen-bond acceptors (Lipinski definition) is 5. The normalized spacial score (nSPS) is 10.9. The second-order valence-corrected chi connectivity index (χ2v) is 6.66. The Balaban J connectivity index is 1.50. The third-order valence-corrected chi connectivity index (χ3v) is 4.15. The largest absolute Gasteiger partial charge is 0.352 e. The van der Waals surface area contributed by atoms with Crippen LogP contribution in [0.2, 0.25) is 0 Å². The van der Waals surface area contributed by atoms with E-state index in [0.29, 0.717) is 31.1 Å². The van der Waals surface area contributed by atoms with Gasteiger partial charge in [-0.3, -0.25) is 4.79 Å². The molecule has 1 amide bonds. The number of hydrogen-bond donors (Lipinski definition) is 1. The topological polar surface area (TPSA) is 71.3 Å². The summed E-state index contributed by atoms with van der Waals surface area (Å²) in [5, 5.41) is 6.95. The van der Waals surface area contributed by atoms with Crippen molar-refractivity contribution in [2.75, 3.05) is 14.1 Å². The van der Waals surface area contributed by atoms with Crippen molar-refractivity contribution in [3.8, 4) is 11.4 Å². The van der Waals surface area contributed by atoms with Crippen LogP contribution in [0.5, 0.6) is 0 Å². The molecule has 1 heterocycles. The molecule has 1 aromatic heterocycles. The number of nitrogens with one attached hydrogen (secondary N) is 1. The van der Waals surface area contributed by atoms with Crippen LogP contribution in [0.3, 0.4) is 0 Å². The first-order chi connectivity index (χ1) is 13.1. The van der Waals surface area contributed by atoms with Gasteiger partial charge in [-0.05, 0) is 25.2 Å². The third-order valence-electron chi connectivity index (χ3n) is 4.15. The summed E-state index contributed by atoms with van der Waals surface area (Å²) in [5.41, 5.74) is 3.24. The molecule has 2 aromatic carbocycles. The highest BCUT2D eigenvalue weighted by molar-refractivity contribution is 5.76. The Kier molecular flexibility index (Phi) is 6.33. The van der Waals surface area contributed by atoms with Crippen molar-refractivity contribution < 1.29 is 9.32 Å². The Morgan fingerprint density at radius 1 is 1.04 bits per heavy atom. The van der Waals surface area contributed by atoms with Crippen molar-refractivity contribution >= 4 is 5.91 Å². The number of aryl methyl sites for hydroxylation is 1. The number of benzene rings is 2. The van der Waals surface area contributed by atoms with Crippen LogP contribution in [0.25, 0.3) is 11.4 Å². The van der Waals surface area contributed by atoms with Crippen molar-refractivity contribution in [2.24, 2.45) is 0 Å². The second kappa shape index (κ2) is 9.09. The monoisotopic (exact) mass is 364 g/mol. The van der Waals surface area contributed by atoms with Crippen LogP contribution in [0.1, 0.15) is 23.4 Å². The van der Waals surface area contributed by atoms with Crippen LogP contribution in [0.15, 0.2) is 59.1 Å². The molecule has 0 saturated carbocycles. The average Bonchev–Trinajstić information content (AvgIpc) is 3.15. The van der Waals surface area contributed by atoms with Crippen LogP contribution in [0, 0.1) is 0 Å². The lowest BCUT2D eigenvalue weighted by molar-refractivity contribution is -0.121. The zero-order valence-electron chi connectivity index (χ0n) is 15.7. The predicted molar refractivity (Wildman–Crippen MR) is 104 cm³/mol. The van der Waals surface area contributed by atoms with E-state index in [2.05, 4.69) is 26.4 Å². The van der Waals surface area contributed by atoms with Crippen molar-refractivity contribution in [1.29, 1.82) is 0 Å². The molecule has 0 atom stereocenters. The maximum Gasteiger partial charge on any atom is 0.227 e. The van der Waals surface area contributed by atoms with Crippen LogP contribution >= 0.6 is 0 Å². The van der Waals surface area contributed by atoms with Crippen LogP contribution < -0.4 is 5.32 Å². The first-order valence-corrected chi connectivity index (χ1v) is 8.98. The maximum absolute atomic E-state index is 12.2. The quantitative estimate of drug-likeness (QED) is 0.665. The van der Waals surface area contributed by atoms with E-state index < -0.39 is 0 Å². The van der Waals surface area contributed by atoms with Gasteiger partial charge in [0.1, 0.15) is 0 Å². The fourth-order valence-corrected chi connectivity index (χ4v) is 2.79. The molecule has 27 heavy (non-hydrogen) atoms. The minimum absolute atomic E-state index is 0.0332. The van der Waals surface area contributed by atoms with Gasteiger partial charge in [-0.1, -0.05) is 59.8 Å². The number of aromatic nitrogens is 2. The van der Waals surface area contributed by atoms with Gasteiger partial charge in [-0.2, -0.15) is 4.98 Å². The Hall–Kier alpha value is -2.99. The highest BCUT2D eigenvalue weighted by atomic mass is 16.5. The van der Waals surface area contributed by atoms with Gasteiger partial charge >= 0.3 is 0 Å². The Labute approximate surface area is 159 Å². The maximum atomic E-state index is 12.2. The van der Waals surface area contributed by atoms with Gasteiger partial charge in [0.25, 0.3) is 0 Å². The summed E-state index contributed by atoms with van der Waals surface area (Å²) in [6, 6.07) is 17.8. The molecule has 0 aliphatic rings. The third kappa shape index (κ3) is 5.49. The molecule has 6 heteroatoms. The fourth-order valence-electron chi connectivity index (χ4n) is 2.79. The lowest BCUT2D eigenvalue weighted by Gasteiger charge is -2.14. The molecule has 0 spiro atoms. The SMILES string of the molecule is CN(C)Cc1ccccc1CNC(=O)CCc1nc(-c2ccccc2)no1. The number of nitrogens with zero attached hydrogens (tertiary/aromatic N) is 3. The van der Waals surface area contributed by atoms with Gasteiger partial charge in [0.15, 0.2) is 0 Å². The highest BCUT2D eigenvalue weighted by Crippen LogP contribution is 2.15. The van der Waals surface area contributed by atoms with Crippen LogP contribution in [-0.2, 0) is 24.3 Å². The number of rotatable bonds is 8. The van der Waals surface area contributed by atoms with E-state index in [4.69, 9.17) is 4.52 Å². The van der Waals surface area contributed by atoms with Gasteiger partial charge in [0, 0.05) is 31.5 Å². The van der Waals surface area contributed by atoms with E-state index in [-0.39, 0.29) is 5.91 Å². The van der Waals surface area contributed by atoms with Gasteiger partial charge in [-0.25, -0.2) is 0 Å². The Morgan fingerprint density at radius 3 is 2.48 bits per heavy atom. The molecule has 0 radical (unpaired) electrons. The number of amides is 1. The molecule has 0 saturated heterocycles. The molecule has 3 aromatic rings. The molecule has 0 unspecified atom stereocenters. The van der Waals surface area contributed by atoms with Crippen molar-refractivity contribution in [3.63, 3.8) is 0 Å². The molecule has 0 aliphatic carbocycles. The first-order valence-electron chi connectivity index (χ1n) is 8.98. The molecular formula is C21H24N4O2. The lowest BCUT2D eigenvalue weighted by atomic mass is 10.1. The summed E-state index contributed by atoms with van der Waals surface area (Å²) in [6.45, 7) is 1.36. The van der Waals surface area contributed by atoms with E-state index in [0.717, 1.165) is 17.7 Å². The zero-order valence-corrected chi connectivity index (χ0v) is 15.7. The molecule has 1 N–H and O–H groups in total. The summed E-state index contributed by atoms with van der Waals surface area (Å²) in [5.74, 6) is 0.981. The molecule has 140 valence electrons. The molecule has 6 nitrogen and oxygen atoms in total. The molecule has 3 rings (SSSR count). The van der Waals surface area contributed by atoms with Crippen LogP contribution in [0.4, 0.5) is 0 Å². The fraction of sp³-hybridized carbons (Fsp3) is 0.286. The highest BCUT2D eigenvalue weighted by Gasteiger charge is 2.11. The summed E-state index contributed by atoms with van der Waals surface area (Å²) in [4.78, 5) is 18.7.